The molecule has 3 heteroatoms. The molecular weight excluding hydrogens is 216 g/mol. The molecule has 0 aliphatic carbocycles. The minimum absolute atomic E-state index is 0.387. The van der Waals surface area contributed by atoms with E-state index in [0.29, 0.717) is 18.4 Å². The molecule has 1 heterocycles. The highest BCUT2D eigenvalue weighted by Gasteiger charge is 2.18. The van der Waals surface area contributed by atoms with Crippen LogP contribution in [0.2, 0.25) is 0 Å². The van der Waals surface area contributed by atoms with Crippen molar-refractivity contribution >= 4 is 21.6 Å². The number of fused-ring (bicyclic) bond motifs is 1. The van der Waals surface area contributed by atoms with Crippen molar-refractivity contribution in [1.82, 2.24) is 4.98 Å². The first-order valence-corrected chi connectivity index (χ1v) is 6.50. The summed E-state index contributed by atoms with van der Waals surface area (Å²) >= 11 is 1.78. The van der Waals surface area contributed by atoms with E-state index in [1.54, 1.807) is 11.3 Å². The smallest absolute Gasteiger partial charge is 0.0984 e. The van der Waals surface area contributed by atoms with Gasteiger partial charge in [0.15, 0.2) is 0 Å². The number of nitrogens with zero attached hydrogens (tertiary/aromatic N) is 1. The molecule has 0 bridgehead atoms. The molecule has 0 radical (unpaired) electrons. The lowest BCUT2D eigenvalue weighted by molar-refractivity contribution is 0.505. The Morgan fingerprint density at radius 1 is 1.38 bits per heavy atom. The lowest BCUT2D eigenvalue weighted by Gasteiger charge is -2.15. The van der Waals surface area contributed by atoms with E-state index in [9.17, 15) is 0 Å². The van der Waals surface area contributed by atoms with E-state index in [1.165, 1.54) is 15.3 Å². The van der Waals surface area contributed by atoms with Gasteiger partial charge in [-0.2, -0.15) is 0 Å². The first kappa shape index (κ1) is 11.6. The van der Waals surface area contributed by atoms with Crippen molar-refractivity contribution in [3.63, 3.8) is 0 Å². The fourth-order valence-corrected chi connectivity index (χ4v) is 3.11. The molecule has 0 spiro atoms. The molecule has 0 fully saturated rings. The summed E-state index contributed by atoms with van der Waals surface area (Å²) in [5, 5.41) is 1.18. The number of aromatic nitrogens is 1. The largest absolute Gasteiger partial charge is 0.330 e. The Balaban J connectivity index is 2.45. The van der Waals surface area contributed by atoms with Crippen LogP contribution in [0.5, 0.6) is 0 Å². The number of aryl methyl sites for hydroxylation is 1. The van der Waals surface area contributed by atoms with E-state index in [1.807, 2.05) is 0 Å². The zero-order valence-corrected chi connectivity index (χ0v) is 10.8. The van der Waals surface area contributed by atoms with Crippen LogP contribution in [-0.2, 0) is 0 Å². The van der Waals surface area contributed by atoms with Crippen molar-refractivity contribution in [1.29, 1.82) is 0 Å². The highest BCUT2D eigenvalue weighted by Crippen LogP contribution is 2.31. The molecule has 2 nitrogen and oxygen atoms in total. The van der Waals surface area contributed by atoms with Crippen molar-refractivity contribution < 1.29 is 0 Å². The first-order valence-electron chi connectivity index (χ1n) is 5.69. The molecule has 1 unspecified atom stereocenters. The van der Waals surface area contributed by atoms with Crippen LogP contribution in [0.15, 0.2) is 18.2 Å². The molecule has 2 rings (SSSR count). The first-order chi connectivity index (χ1) is 7.61. The maximum absolute atomic E-state index is 5.82. The topological polar surface area (TPSA) is 38.9 Å². The third kappa shape index (κ3) is 2.11. The number of benzene rings is 1. The summed E-state index contributed by atoms with van der Waals surface area (Å²) in [5.41, 5.74) is 8.20. The maximum atomic E-state index is 5.82. The highest BCUT2D eigenvalue weighted by atomic mass is 32.1. The molecule has 1 atom stereocenters. The van der Waals surface area contributed by atoms with Crippen LogP contribution in [-0.4, -0.2) is 11.5 Å². The number of hydrogen-bond acceptors (Lipinski definition) is 3. The maximum Gasteiger partial charge on any atom is 0.0984 e. The van der Waals surface area contributed by atoms with Gasteiger partial charge in [0, 0.05) is 12.5 Å². The molecule has 0 aliphatic rings. The van der Waals surface area contributed by atoms with Gasteiger partial charge in [0.2, 0.25) is 0 Å². The molecule has 0 saturated heterocycles. The quantitative estimate of drug-likeness (QED) is 0.885. The second-order valence-corrected chi connectivity index (χ2v) is 5.67. The van der Waals surface area contributed by atoms with E-state index in [0.717, 1.165) is 5.52 Å². The van der Waals surface area contributed by atoms with Crippen molar-refractivity contribution in [2.24, 2.45) is 11.7 Å². The van der Waals surface area contributed by atoms with Gasteiger partial charge < -0.3 is 5.73 Å². The summed E-state index contributed by atoms with van der Waals surface area (Å²) in [7, 11) is 0. The molecule has 1 aromatic heterocycles. The van der Waals surface area contributed by atoms with Gasteiger partial charge in [-0.1, -0.05) is 19.9 Å². The molecular formula is C13H18N2S. The Morgan fingerprint density at radius 3 is 2.75 bits per heavy atom. The second-order valence-electron chi connectivity index (χ2n) is 4.61. The van der Waals surface area contributed by atoms with Crippen LogP contribution in [0.25, 0.3) is 10.2 Å². The van der Waals surface area contributed by atoms with Crippen LogP contribution in [0.1, 0.15) is 30.3 Å². The third-order valence-electron chi connectivity index (χ3n) is 2.94. The van der Waals surface area contributed by atoms with Gasteiger partial charge in [-0.25, -0.2) is 4.98 Å². The molecule has 0 amide bonds. The standard InChI is InChI=1S/C13H18N2S/c1-8(2)10(7-14)13-15-11-6-9(3)4-5-12(11)16-13/h4-6,8,10H,7,14H2,1-3H3. The van der Waals surface area contributed by atoms with E-state index < -0.39 is 0 Å². The Kier molecular flexibility index (Phi) is 3.26. The fraction of sp³-hybridized carbons (Fsp3) is 0.462. The Hall–Kier alpha value is -0.930. The number of thiazole rings is 1. The number of nitrogens with two attached hydrogens (primary N) is 1. The summed E-state index contributed by atoms with van der Waals surface area (Å²) < 4.78 is 1.26. The van der Waals surface area contributed by atoms with Crippen LogP contribution >= 0.6 is 11.3 Å². The molecule has 86 valence electrons. The average molecular weight is 234 g/mol. The molecule has 2 aromatic rings. The minimum atomic E-state index is 0.387. The summed E-state index contributed by atoms with van der Waals surface area (Å²) in [6.45, 7) is 7.18. The Morgan fingerprint density at radius 2 is 2.12 bits per heavy atom. The van der Waals surface area contributed by atoms with Gasteiger partial charge in [0.05, 0.1) is 15.2 Å². The third-order valence-corrected chi connectivity index (χ3v) is 4.10. The fourth-order valence-electron chi connectivity index (χ4n) is 1.87. The number of rotatable bonds is 3. The Labute approximate surface area is 101 Å². The van der Waals surface area contributed by atoms with Crippen LogP contribution in [0, 0.1) is 12.8 Å². The van der Waals surface area contributed by atoms with Crippen LogP contribution in [0.4, 0.5) is 0 Å². The molecule has 1 aromatic carbocycles. The van der Waals surface area contributed by atoms with Gasteiger partial charge in [0.25, 0.3) is 0 Å². The normalized spacial score (nSPS) is 13.6. The predicted molar refractivity (Wildman–Crippen MR) is 71.0 cm³/mol. The second kappa shape index (κ2) is 4.52. The summed E-state index contributed by atoms with van der Waals surface area (Å²) in [6.07, 6.45) is 0. The molecule has 2 N–H and O–H groups in total. The van der Waals surface area contributed by atoms with E-state index in [2.05, 4.69) is 39.0 Å². The van der Waals surface area contributed by atoms with Crippen LogP contribution in [0.3, 0.4) is 0 Å². The predicted octanol–water partition coefficient (Wildman–Crippen LogP) is 3.30. The van der Waals surface area contributed by atoms with Crippen LogP contribution < -0.4 is 5.73 Å². The average Bonchev–Trinajstić information content (AvgIpc) is 2.60. The summed E-state index contributed by atoms with van der Waals surface area (Å²) in [5.74, 6) is 0.935. The van der Waals surface area contributed by atoms with E-state index in [4.69, 9.17) is 10.7 Å². The van der Waals surface area contributed by atoms with Crippen molar-refractivity contribution in [2.45, 2.75) is 26.7 Å². The van der Waals surface area contributed by atoms with Crippen molar-refractivity contribution in [2.75, 3.05) is 6.54 Å². The summed E-state index contributed by atoms with van der Waals surface area (Å²) in [6, 6.07) is 6.43. The van der Waals surface area contributed by atoms with Gasteiger partial charge >= 0.3 is 0 Å². The van der Waals surface area contributed by atoms with E-state index in [-0.39, 0.29) is 0 Å². The van der Waals surface area contributed by atoms with Crippen molar-refractivity contribution in [3.8, 4) is 0 Å². The minimum Gasteiger partial charge on any atom is -0.330 e. The molecule has 16 heavy (non-hydrogen) atoms. The van der Waals surface area contributed by atoms with Gasteiger partial charge in [-0.15, -0.1) is 11.3 Å². The van der Waals surface area contributed by atoms with Crippen molar-refractivity contribution in [3.05, 3.63) is 28.8 Å². The summed E-state index contributed by atoms with van der Waals surface area (Å²) in [4.78, 5) is 4.70. The lowest BCUT2D eigenvalue weighted by atomic mass is 9.97. The zero-order valence-electron chi connectivity index (χ0n) is 10.0. The lowest BCUT2D eigenvalue weighted by Crippen LogP contribution is -2.17. The Bertz CT molecular complexity index is 488. The molecule has 0 aliphatic heterocycles. The monoisotopic (exact) mass is 234 g/mol. The SMILES string of the molecule is Cc1ccc2sc(C(CN)C(C)C)nc2c1. The van der Waals surface area contributed by atoms with Gasteiger partial charge in [-0.3, -0.25) is 0 Å². The highest BCUT2D eigenvalue weighted by molar-refractivity contribution is 7.18. The van der Waals surface area contributed by atoms with Gasteiger partial charge in [-0.05, 0) is 30.5 Å². The van der Waals surface area contributed by atoms with Gasteiger partial charge in [0.1, 0.15) is 0 Å². The number of hydrogen-bond donors (Lipinski definition) is 1. The van der Waals surface area contributed by atoms with E-state index >= 15 is 0 Å². The zero-order chi connectivity index (χ0) is 11.7. The molecule has 0 saturated carbocycles.